The minimum atomic E-state index is -0.554. The number of amides is 2. The predicted molar refractivity (Wildman–Crippen MR) is 49.7 cm³/mol. The molecule has 3 nitrogen and oxygen atoms in total. The van der Waals surface area contributed by atoms with Crippen molar-refractivity contribution in [3.63, 3.8) is 0 Å². The standard InChI is InChI=1S/C9H10N2O/c1-2-7-3-5-8(6-4-7)11-9(10)12/h2-6H,1H2,(H3,10,11,12). The lowest BCUT2D eigenvalue weighted by Crippen LogP contribution is -2.19. The molecule has 0 atom stereocenters. The highest BCUT2D eigenvalue weighted by atomic mass is 16.2. The highest BCUT2D eigenvalue weighted by molar-refractivity contribution is 5.87. The van der Waals surface area contributed by atoms with Crippen molar-refractivity contribution in [3.8, 4) is 0 Å². The summed E-state index contributed by atoms with van der Waals surface area (Å²) in [6.45, 7) is 3.61. The second-order valence-corrected chi connectivity index (χ2v) is 2.32. The molecule has 0 aromatic heterocycles. The molecule has 0 unspecified atom stereocenters. The summed E-state index contributed by atoms with van der Waals surface area (Å²) in [5, 5.41) is 2.46. The molecule has 1 aromatic rings. The van der Waals surface area contributed by atoms with Gasteiger partial charge in [-0.1, -0.05) is 24.8 Å². The van der Waals surface area contributed by atoms with Gasteiger partial charge in [0.15, 0.2) is 0 Å². The van der Waals surface area contributed by atoms with Gasteiger partial charge in [-0.25, -0.2) is 4.79 Å². The monoisotopic (exact) mass is 162 g/mol. The number of carbonyl (C=O) groups excluding carboxylic acids is 1. The maximum Gasteiger partial charge on any atom is 0.316 e. The molecule has 1 rings (SSSR count). The van der Waals surface area contributed by atoms with Crippen molar-refractivity contribution >= 4 is 17.8 Å². The summed E-state index contributed by atoms with van der Waals surface area (Å²) in [6.07, 6.45) is 1.73. The maximum atomic E-state index is 10.4. The molecule has 0 aliphatic carbocycles. The molecule has 0 aliphatic heterocycles. The van der Waals surface area contributed by atoms with Crippen LogP contribution in [0, 0.1) is 0 Å². The fourth-order valence-electron chi connectivity index (χ4n) is 0.845. The lowest BCUT2D eigenvalue weighted by atomic mass is 10.2. The number of nitrogens with one attached hydrogen (secondary N) is 1. The van der Waals surface area contributed by atoms with E-state index in [1.165, 1.54) is 0 Å². The highest BCUT2D eigenvalue weighted by Crippen LogP contribution is 2.09. The summed E-state index contributed by atoms with van der Waals surface area (Å²) in [6, 6.07) is 6.67. The number of rotatable bonds is 2. The van der Waals surface area contributed by atoms with E-state index in [0.717, 1.165) is 5.56 Å². The topological polar surface area (TPSA) is 55.1 Å². The third kappa shape index (κ3) is 2.12. The number of nitrogens with two attached hydrogens (primary N) is 1. The smallest absolute Gasteiger partial charge is 0.316 e. The number of carbonyl (C=O) groups is 1. The van der Waals surface area contributed by atoms with Crippen LogP contribution in [0.3, 0.4) is 0 Å². The summed E-state index contributed by atoms with van der Waals surface area (Å²) in [7, 11) is 0. The fourth-order valence-corrected chi connectivity index (χ4v) is 0.845. The molecular formula is C9H10N2O. The third-order valence-corrected chi connectivity index (χ3v) is 1.41. The number of anilines is 1. The summed E-state index contributed by atoms with van der Waals surface area (Å²) < 4.78 is 0. The average molecular weight is 162 g/mol. The third-order valence-electron chi connectivity index (χ3n) is 1.41. The molecule has 3 heteroatoms. The Morgan fingerprint density at radius 2 is 2.00 bits per heavy atom. The van der Waals surface area contributed by atoms with E-state index in [4.69, 9.17) is 5.73 Å². The molecule has 0 aliphatic rings. The molecule has 0 radical (unpaired) electrons. The molecule has 0 fully saturated rings. The Morgan fingerprint density at radius 1 is 1.42 bits per heavy atom. The lowest BCUT2D eigenvalue weighted by molar-refractivity contribution is 0.259. The van der Waals surface area contributed by atoms with Crippen LogP contribution in [0.25, 0.3) is 6.08 Å². The number of urea groups is 1. The molecule has 0 saturated heterocycles. The van der Waals surface area contributed by atoms with Crippen LogP contribution in [0.4, 0.5) is 10.5 Å². The van der Waals surface area contributed by atoms with Gasteiger partial charge in [-0.15, -0.1) is 0 Å². The van der Waals surface area contributed by atoms with Crippen LogP contribution in [-0.2, 0) is 0 Å². The zero-order chi connectivity index (χ0) is 8.97. The second kappa shape index (κ2) is 3.57. The molecule has 0 spiro atoms. The fraction of sp³-hybridized carbons (Fsp3) is 0. The summed E-state index contributed by atoms with van der Waals surface area (Å²) in [4.78, 5) is 10.4. The minimum absolute atomic E-state index is 0.554. The van der Waals surface area contributed by atoms with E-state index in [9.17, 15) is 4.79 Å². The molecule has 3 N–H and O–H groups in total. The number of benzene rings is 1. The van der Waals surface area contributed by atoms with Crippen molar-refractivity contribution in [3.05, 3.63) is 36.4 Å². The van der Waals surface area contributed by atoms with E-state index in [2.05, 4.69) is 11.9 Å². The van der Waals surface area contributed by atoms with E-state index < -0.39 is 6.03 Å². The molecule has 2 amide bonds. The van der Waals surface area contributed by atoms with Crippen LogP contribution < -0.4 is 11.1 Å². The van der Waals surface area contributed by atoms with Gasteiger partial charge in [0.2, 0.25) is 0 Å². The van der Waals surface area contributed by atoms with Crippen molar-refractivity contribution in [1.29, 1.82) is 0 Å². The summed E-state index contributed by atoms with van der Waals surface area (Å²) in [5.74, 6) is 0. The Kier molecular flexibility index (Phi) is 2.48. The van der Waals surface area contributed by atoms with E-state index in [-0.39, 0.29) is 0 Å². The SMILES string of the molecule is C=Cc1ccc(NC(N)=O)cc1. The largest absolute Gasteiger partial charge is 0.351 e. The Balaban J connectivity index is 2.77. The molecule has 0 saturated carbocycles. The van der Waals surface area contributed by atoms with Gasteiger partial charge in [0.1, 0.15) is 0 Å². The van der Waals surface area contributed by atoms with Gasteiger partial charge in [0, 0.05) is 5.69 Å². The molecule has 62 valence electrons. The Hall–Kier alpha value is -1.77. The number of hydrogen-bond donors (Lipinski definition) is 2. The van der Waals surface area contributed by atoms with Crippen molar-refractivity contribution in [2.75, 3.05) is 5.32 Å². The van der Waals surface area contributed by atoms with Gasteiger partial charge in [-0.3, -0.25) is 0 Å². The van der Waals surface area contributed by atoms with Gasteiger partial charge < -0.3 is 11.1 Å². The van der Waals surface area contributed by atoms with Gasteiger partial charge in [-0.05, 0) is 17.7 Å². The van der Waals surface area contributed by atoms with E-state index in [1.54, 1.807) is 18.2 Å². The number of hydrogen-bond acceptors (Lipinski definition) is 1. The minimum Gasteiger partial charge on any atom is -0.351 e. The first-order valence-corrected chi connectivity index (χ1v) is 3.51. The first-order chi connectivity index (χ1) is 5.72. The van der Waals surface area contributed by atoms with Crippen molar-refractivity contribution < 1.29 is 4.79 Å². The Morgan fingerprint density at radius 3 is 2.42 bits per heavy atom. The van der Waals surface area contributed by atoms with Crippen LogP contribution >= 0.6 is 0 Å². The van der Waals surface area contributed by atoms with E-state index in [0.29, 0.717) is 5.69 Å². The molecular weight excluding hydrogens is 152 g/mol. The number of primary amides is 1. The van der Waals surface area contributed by atoms with Crippen LogP contribution in [0.1, 0.15) is 5.56 Å². The van der Waals surface area contributed by atoms with Gasteiger partial charge in [0.25, 0.3) is 0 Å². The van der Waals surface area contributed by atoms with Gasteiger partial charge in [-0.2, -0.15) is 0 Å². The molecule has 1 aromatic carbocycles. The molecule has 12 heavy (non-hydrogen) atoms. The normalized spacial score (nSPS) is 9.00. The molecule has 0 bridgehead atoms. The predicted octanol–water partition coefficient (Wildman–Crippen LogP) is 1.82. The molecule has 0 heterocycles. The Labute approximate surface area is 70.9 Å². The van der Waals surface area contributed by atoms with Crippen LogP contribution in [0.5, 0.6) is 0 Å². The van der Waals surface area contributed by atoms with Crippen molar-refractivity contribution in [2.24, 2.45) is 5.73 Å². The summed E-state index contributed by atoms with van der Waals surface area (Å²) in [5.41, 5.74) is 6.62. The average Bonchev–Trinajstić information content (AvgIpc) is 2.05. The summed E-state index contributed by atoms with van der Waals surface area (Å²) >= 11 is 0. The van der Waals surface area contributed by atoms with Gasteiger partial charge in [0.05, 0.1) is 0 Å². The van der Waals surface area contributed by atoms with Crippen LogP contribution in [0.2, 0.25) is 0 Å². The first kappa shape index (κ1) is 8.33. The zero-order valence-corrected chi connectivity index (χ0v) is 6.58. The van der Waals surface area contributed by atoms with Crippen LogP contribution in [-0.4, -0.2) is 6.03 Å². The van der Waals surface area contributed by atoms with E-state index >= 15 is 0 Å². The quantitative estimate of drug-likeness (QED) is 0.684. The first-order valence-electron chi connectivity index (χ1n) is 3.51. The van der Waals surface area contributed by atoms with E-state index in [1.807, 2.05) is 12.1 Å². The van der Waals surface area contributed by atoms with Gasteiger partial charge >= 0.3 is 6.03 Å². The maximum absolute atomic E-state index is 10.4. The van der Waals surface area contributed by atoms with Crippen LogP contribution in [0.15, 0.2) is 30.8 Å². The highest BCUT2D eigenvalue weighted by Gasteiger charge is 1.93. The lowest BCUT2D eigenvalue weighted by Gasteiger charge is -2.00. The zero-order valence-electron chi connectivity index (χ0n) is 6.58. The Bertz CT molecular complexity index is 290. The van der Waals surface area contributed by atoms with Crippen molar-refractivity contribution in [2.45, 2.75) is 0 Å². The second-order valence-electron chi connectivity index (χ2n) is 2.32. The van der Waals surface area contributed by atoms with Crippen molar-refractivity contribution in [1.82, 2.24) is 0 Å².